The number of benzene rings is 3. The number of rotatable bonds is 5. The van der Waals surface area contributed by atoms with Gasteiger partial charge in [-0.25, -0.2) is 13.6 Å². The normalized spacial score (nSPS) is 14.8. The minimum atomic E-state index is -0.927. The average Bonchev–Trinajstić information content (AvgIpc) is 2.84. The minimum Gasteiger partial charge on any atom is -0.336 e. The smallest absolute Gasteiger partial charge is 0.319 e. The van der Waals surface area contributed by atoms with Gasteiger partial charge in [0.1, 0.15) is 17.7 Å². The van der Waals surface area contributed by atoms with Crippen molar-refractivity contribution in [2.45, 2.75) is 38.3 Å². The van der Waals surface area contributed by atoms with E-state index in [9.17, 15) is 18.4 Å². The Morgan fingerprint density at radius 3 is 2.36 bits per heavy atom. The first kappa shape index (κ1) is 24.9. The Morgan fingerprint density at radius 1 is 1.03 bits per heavy atom. The number of amides is 3. The van der Waals surface area contributed by atoms with Crippen LogP contribution in [-0.2, 0) is 23.2 Å². The van der Waals surface area contributed by atoms with Crippen molar-refractivity contribution in [3.63, 3.8) is 0 Å². The van der Waals surface area contributed by atoms with E-state index < -0.39 is 23.3 Å². The third kappa shape index (κ3) is 5.69. The van der Waals surface area contributed by atoms with Gasteiger partial charge in [0.15, 0.2) is 0 Å². The number of nitrogens with zero attached hydrogens (tertiary/aromatic N) is 2. The molecule has 1 heterocycles. The van der Waals surface area contributed by atoms with Crippen LogP contribution < -0.4 is 10.6 Å². The molecule has 0 radical (unpaired) electrons. The molecule has 1 aliphatic rings. The van der Waals surface area contributed by atoms with Crippen molar-refractivity contribution in [2.24, 2.45) is 0 Å². The van der Waals surface area contributed by atoms with Gasteiger partial charge in [-0.15, -0.1) is 0 Å². The minimum absolute atomic E-state index is 0.189. The lowest BCUT2D eigenvalue weighted by atomic mass is 9.78. The standard InChI is InChI=1S/C28H26F2N4O2/c1-28(2)17-34(16-20-14-22(30)9-12-24(20)28)26(35)25(13-18-3-5-19(15-31)6-4-18)33-27(36)32-23-10-7-21(29)8-11-23/h3-12,14,25H,13,16-17H2,1-2H3,(H2,32,33,36)/t25-/m0/s1. The first-order chi connectivity index (χ1) is 17.1. The number of urea groups is 1. The molecule has 0 aliphatic carbocycles. The lowest BCUT2D eigenvalue weighted by Crippen LogP contribution is -2.54. The molecular formula is C28H26F2N4O2. The van der Waals surface area contributed by atoms with Crippen LogP contribution in [0.3, 0.4) is 0 Å². The van der Waals surface area contributed by atoms with Gasteiger partial charge in [-0.1, -0.05) is 32.0 Å². The van der Waals surface area contributed by atoms with E-state index in [1.807, 2.05) is 13.8 Å². The van der Waals surface area contributed by atoms with E-state index in [4.69, 9.17) is 5.26 Å². The fourth-order valence-electron chi connectivity index (χ4n) is 4.56. The fourth-order valence-corrected chi connectivity index (χ4v) is 4.56. The van der Waals surface area contributed by atoms with Crippen molar-refractivity contribution in [1.82, 2.24) is 10.2 Å². The number of nitrogens with one attached hydrogen (secondary N) is 2. The number of hydrogen-bond donors (Lipinski definition) is 2. The van der Waals surface area contributed by atoms with Crippen LogP contribution in [0.15, 0.2) is 66.7 Å². The monoisotopic (exact) mass is 488 g/mol. The SMILES string of the molecule is CC1(C)CN(C(=O)[C@H](Cc2ccc(C#N)cc2)NC(=O)Nc2ccc(F)cc2)Cc2cc(F)ccc21. The van der Waals surface area contributed by atoms with Gasteiger partial charge in [-0.05, 0) is 65.2 Å². The van der Waals surface area contributed by atoms with Crippen molar-refractivity contribution in [3.05, 3.63) is 101 Å². The number of nitriles is 1. The van der Waals surface area contributed by atoms with Crippen LogP contribution in [0.4, 0.5) is 19.3 Å². The molecule has 2 N–H and O–H groups in total. The predicted octanol–water partition coefficient (Wildman–Crippen LogP) is 4.89. The van der Waals surface area contributed by atoms with Gasteiger partial charge in [-0.3, -0.25) is 4.79 Å². The summed E-state index contributed by atoms with van der Waals surface area (Å²) in [6.45, 7) is 4.61. The molecule has 184 valence electrons. The number of carbonyl (C=O) groups is 2. The molecule has 0 saturated heterocycles. The van der Waals surface area contributed by atoms with Crippen LogP contribution in [0.5, 0.6) is 0 Å². The van der Waals surface area contributed by atoms with Gasteiger partial charge in [0.05, 0.1) is 11.6 Å². The molecule has 0 unspecified atom stereocenters. The Balaban J connectivity index is 1.58. The lowest BCUT2D eigenvalue weighted by Gasteiger charge is -2.41. The third-order valence-corrected chi connectivity index (χ3v) is 6.28. The highest BCUT2D eigenvalue weighted by Crippen LogP contribution is 2.34. The van der Waals surface area contributed by atoms with Gasteiger partial charge in [0.25, 0.3) is 0 Å². The highest BCUT2D eigenvalue weighted by Gasteiger charge is 2.36. The van der Waals surface area contributed by atoms with Gasteiger partial charge >= 0.3 is 6.03 Å². The maximum Gasteiger partial charge on any atom is 0.319 e. The molecule has 4 rings (SSSR count). The Bertz CT molecular complexity index is 1310. The molecule has 0 bridgehead atoms. The van der Waals surface area contributed by atoms with Gasteiger partial charge in [0.2, 0.25) is 5.91 Å². The summed E-state index contributed by atoms with van der Waals surface area (Å²) < 4.78 is 27.2. The second kappa shape index (κ2) is 10.2. The number of anilines is 1. The highest BCUT2D eigenvalue weighted by atomic mass is 19.1. The zero-order valence-electron chi connectivity index (χ0n) is 20.0. The van der Waals surface area contributed by atoms with E-state index in [-0.39, 0.29) is 24.7 Å². The predicted molar refractivity (Wildman–Crippen MR) is 132 cm³/mol. The first-order valence-corrected chi connectivity index (χ1v) is 11.5. The molecule has 0 saturated carbocycles. The van der Waals surface area contributed by atoms with Gasteiger partial charge < -0.3 is 15.5 Å². The second-order valence-corrected chi connectivity index (χ2v) is 9.55. The zero-order chi connectivity index (χ0) is 25.9. The molecule has 1 aliphatic heterocycles. The molecule has 0 fully saturated rings. The third-order valence-electron chi connectivity index (χ3n) is 6.28. The fraction of sp³-hybridized carbons (Fsp3) is 0.250. The van der Waals surface area contributed by atoms with E-state index in [1.165, 1.54) is 36.4 Å². The summed E-state index contributed by atoms with van der Waals surface area (Å²) in [6.07, 6.45) is 0.189. The number of halogens is 2. The van der Waals surface area contributed by atoms with E-state index in [0.29, 0.717) is 17.8 Å². The summed E-state index contributed by atoms with van der Waals surface area (Å²) in [6, 6.07) is 17.2. The van der Waals surface area contributed by atoms with Crippen molar-refractivity contribution < 1.29 is 18.4 Å². The molecule has 0 spiro atoms. The molecular weight excluding hydrogens is 462 g/mol. The zero-order valence-corrected chi connectivity index (χ0v) is 20.0. The Kier molecular flexibility index (Phi) is 7.02. The summed E-state index contributed by atoms with van der Waals surface area (Å²) in [7, 11) is 0. The van der Waals surface area contributed by atoms with Crippen molar-refractivity contribution in [1.29, 1.82) is 5.26 Å². The van der Waals surface area contributed by atoms with E-state index in [0.717, 1.165) is 16.7 Å². The summed E-state index contributed by atoms with van der Waals surface area (Å²) >= 11 is 0. The second-order valence-electron chi connectivity index (χ2n) is 9.55. The van der Waals surface area contributed by atoms with Gasteiger partial charge in [-0.2, -0.15) is 5.26 Å². The molecule has 1 atom stereocenters. The van der Waals surface area contributed by atoms with Crippen molar-refractivity contribution in [3.8, 4) is 6.07 Å². The average molecular weight is 489 g/mol. The summed E-state index contributed by atoms with van der Waals surface area (Å²) in [5, 5.41) is 14.4. The topological polar surface area (TPSA) is 85.2 Å². The molecule has 8 heteroatoms. The van der Waals surface area contributed by atoms with Crippen molar-refractivity contribution in [2.75, 3.05) is 11.9 Å². The van der Waals surface area contributed by atoms with Crippen LogP contribution in [-0.4, -0.2) is 29.4 Å². The van der Waals surface area contributed by atoms with Crippen molar-refractivity contribution >= 4 is 17.6 Å². The molecule has 3 amide bonds. The summed E-state index contributed by atoms with van der Waals surface area (Å²) in [5.74, 6) is -1.11. The van der Waals surface area contributed by atoms with E-state index in [1.54, 1.807) is 35.2 Å². The summed E-state index contributed by atoms with van der Waals surface area (Å²) in [5.41, 5.74) is 2.93. The van der Waals surface area contributed by atoms with Crippen LogP contribution in [0.2, 0.25) is 0 Å². The first-order valence-electron chi connectivity index (χ1n) is 11.5. The molecule has 36 heavy (non-hydrogen) atoms. The molecule has 0 aromatic heterocycles. The van der Waals surface area contributed by atoms with Crippen LogP contribution >= 0.6 is 0 Å². The number of hydrogen-bond acceptors (Lipinski definition) is 3. The Hall–Kier alpha value is -4.25. The Morgan fingerprint density at radius 2 is 1.69 bits per heavy atom. The summed E-state index contributed by atoms with van der Waals surface area (Å²) in [4.78, 5) is 28.1. The largest absolute Gasteiger partial charge is 0.336 e. The van der Waals surface area contributed by atoms with Crippen LogP contribution in [0.1, 0.15) is 36.1 Å². The quantitative estimate of drug-likeness (QED) is 0.536. The molecule has 3 aromatic rings. The number of carbonyl (C=O) groups excluding carboxylic acids is 2. The maximum atomic E-state index is 14.0. The molecule has 6 nitrogen and oxygen atoms in total. The van der Waals surface area contributed by atoms with E-state index in [2.05, 4.69) is 16.7 Å². The highest BCUT2D eigenvalue weighted by molar-refractivity contribution is 5.94. The van der Waals surface area contributed by atoms with Crippen LogP contribution in [0.25, 0.3) is 0 Å². The number of fused-ring (bicyclic) bond motifs is 1. The lowest BCUT2D eigenvalue weighted by molar-refractivity contribution is -0.135. The Labute approximate surface area is 208 Å². The van der Waals surface area contributed by atoms with Crippen LogP contribution in [0, 0.1) is 23.0 Å². The molecule has 3 aromatic carbocycles. The van der Waals surface area contributed by atoms with Gasteiger partial charge in [0, 0.05) is 30.6 Å². The maximum absolute atomic E-state index is 14.0. The van der Waals surface area contributed by atoms with E-state index >= 15 is 0 Å².